The minimum Gasteiger partial charge on any atom is -0.342 e. The Balaban J connectivity index is 2.31. The molecular formula is C11H10F2N2. The second-order valence-corrected chi connectivity index (χ2v) is 3.34. The van der Waals surface area contributed by atoms with E-state index >= 15 is 0 Å². The maximum Gasteiger partial charge on any atom is 0.263 e. The van der Waals surface area contributed by atoms with E-state index in [0.717, 1.165) is 11.3 Å². The summed E-state index contributed by atoms with van der Waals surface area (Å²) in [6.45, 7) is 1.89. The zero-order valence-corrected chi connectivity index (χ0v) is 8.17. The molecule has 0 amide bonds. The lowest BCUT2D eigenvalue weighted by molar-refractivity contribution is 0.151. The lowest BCUT2D eigenvalue weighted by atomic mass is 10.1. The number of halogens is 2. The van der Waals surface area contributed by atoms with Gasteiger partial charge in [-0.15, -0.1) is 0 Å². The molecule has 0 radical (unpaired) electrons. The van der Waals surface area contributed by atoms with Crippen molar-refractivity contribution in [2.45, 2.75) is 13.3 Å². The molecule has 1 heterocycles. The van der Waals surface area contributed by atoms with Crippen molar-refractivity contribution in [2.24, 2.45) is 0 Å². The number of H-pyrrole nitrogens is 1. The van der Waals surface area contributed by atoms with Crippen molar-refractivity contribution >= 4 is 0 Å². The van der Waals surface area contributed by atoms with E-state index in [4.69, 9.17) is 0 Å². The number of hydrogen-bond donors (Lipinski definition) is 1. The molecular weight excluding hydrogens is 198 g/mol. The first-order valence-corrected chi connectivity index (χ1v) is 4.57. The van der Waals surface area contributed by atoms with Gasteiger partial charge in [-0.2, -0.15) is 0 Å². The Morgan fingerprint density at radius 1 is 1.20 bits per heavy atom. The quantitative estimate of drug-likeness (QED) is 0.805. The highest BCUT2D eigenvalue weighted by Crippen LogP contribution is 2.22. The van der Waals surface area contributed by atoms with Crippen LogP contribution >= 0.6 is 0 Å². The highest BCUT2D eigenvalue weighted by Gasteiger charge is 2.07. The van der Waals surface area contributed by atoms with Gasteiger partial charge in [0.25, 0.3) is 6.43 Å². The van der Waals surface area contributed by atoms with Crippen molar-refractivity contribution in [1.29, 1.82) is 0 Å². The summed E-state index contributed by atoms with van der Waals surface area (Å²) in [6.07, 6.45) is -0.714. The number of alkyl halides is 2. The summed E-state index contributed by atoms with van der Waals surface area (Å²) in [5, 5.41) is 0. The average Bonchev–Trinajstić information content (AvgIpc) is 2.65. The van der Waals surface area contributed by atoms with Crippen LogP contribution in [0, 0.1) is 6.92 Å². The molecule has 0 unspecified atom stereocenters. The van der Waals surface area contributed by atoms with Crippen LogP contribution in [0.3, 0.4) is 0 Å². The molecule has 0 aliphatic heterocycles. The van der Waals surface area contributed by atoms with Crippen molar-refractivity contribution in [3.63, 3.8) is 0 Å². The van der Waals surface area contributed by atoms with Crippen LogP contribution in [0.5, 0.6) is 0 Å². The molecule has 0 bridgehead atoms. The number of hydrogen-bond acceptors (Lipinski definition) is 1. The fourth-order valence-corrected chi connectivity index (χ4v) is 1.35. The first kappa shape index (κ1) is 9.83. The minimum atomic E-state index is -2.42. The Bertz CT molecular complexity index is 446. The molecule has 2 nitrogen and oxygen atoms in total. The van der Waals surface area contributed by atoms with Crippen LogP contribution in [0.1, 0.15) is 17.7 Å². The summed E-state index contributed by atoms with van der Waals surface area (Å²) in [6, 6.07) is 6.11. The molecule has 2 rings (SSSR count). The maximum absolute atomic E-state index is 12.3. The van der Waals surface area contributed by atoms with Crippen LogP contribution in [0.25, 0.3) is 11.4 Å². The number of nitrogens with one attached hydrogen (secondary N) is 1. The van der Waals surface area contributed by atoms with Gasteiger partial charge in [0.15, 0.2) is 0 Å². The molecule has 1 aromatic heterocycles. The highest BCUT2D eigenvalue weighted by molar-refractivity contribution is 5.55. The van der Waals surface area contributed by atoms with Crippen molar-refractivity contribution in [3.05, 3.63) is 41.7 Å². The Kier molecular flexibility index (Phi) is 2.49. The number of benzene rings is 1. The number of aromatic amines is 1. The molecule has 0 spiro atoms. The van der Waals surface area contributed by atoms with Crippen LogP contribution in [0.2, 0.25) is 0 Å². The van der Waals surface area contributed by atoms with Gasteiger partial charge in [0.2, 0.25) is 0 Å². The first-order valence-electron chi connectivity index (χ1n) is 4.57. The molecule has 0 fully saturated rings. The van der Waals surface area contributed by atoms with Crippen molar-refractivity contribution in [2.75, 3.05) is 0 Å². The third kappa shape index (κ3) is 2.03. The Labute approximate surface area is 86.0 Å². The van der Waals surface area contributed by atoms with Crippen LogP contribution in [0.15, 0.2) is 30.5 Å². The van der Waals surface area contributed by atoms with Gasteiger partial charge in [-0.25, -0.2) is 13.8 Å². The van der Waals surface area contributed by atoms with Gasteiger partial charge in [-0.3, -0.25) is 0 Å². The van der Waals surface area contributed by atoms with Gasteiger partial charge in [0, 0.05) is 23.0 Å². The van der Waals surface area contributed by atoms with Gasteiger partial charge in [-0.05, 0) is 6.92 Å². The second-order valence-electron chi connectivity index (χ2n) is 3.34. The average molecular weight is 208 g/mol. The number of imidazole rings is 1. The summed E-state index contributed by atoms with van der Waals surface area (Å²) in [4.78, 5) is 7.16. The van der Waals surface area contributed by atoms with E-state index in [2.05, 4.69) is 9.97 Å². The van der Waals surface area contributed by atoms with Crippen molar-refractivity contribution in [1.82, 2.24) is 9.97 Å². The molecule has 0 aliphatic carbocycles. The van der Waals surface area contributed by atoms with E-state index in [1.165, 1.54) is 12.1 Å². The van der Waals surface area contributed by atoms with Gasteiger partial charge in [-0.1, -0.05) is 24.3 Å². The van der Waals surface area contributed by atoms with Crippen molar-refractivity contribution < 1.29 is 8.78 Å². The van der Waals surface area contributed by atoms with E-state index in [9.17, 15) is 8.78 Å². The summed E-state index contributed by atoms with van der Waals surface area (Å²) in [7, 11) is 0. The van der Waals surface area contributed by atoms with E-state index in [-0.39, 0.29) is 5.56 Å². The number of nitrogens with zero attached hydrogens (tertiary/aromatic N) is 1. The molecule has 1 N–H and O–H groups in total. The fourth-order valence-electron chi connectivity index (χ4n) is 1.35. The van der Waals surface area contributed by atoms with E-state index in [1.54, 1.807) is 18.3 Å². The topological polar surface area (TPSA) is 28.7 Å². The summed E-state index contributed by atoms with van der Waals surface area (Å²) >= 11 is 0. The lowest BCUT2D eigenvalue weighted by Gasteiger charge is -2.00. The third-order valence-corrected chi connectivity index (χ3v) is 2.14. The van der Waals surface area contributed by atoms with Gasteiger partial charge < -0.3 is 4.98 Å². The Morgan fingerprint density at radius 3 is 2.33 bits per heavy atom. The molecule has 0 saturated heterocycles. The molecule has 0 aliphatic rings. The SMILES string of the molecule is Cc1cnc(-c2ccc(C(F)F)cc2)[nH]1. The van der Waals surface area contributed by atoms with E-state index in [0.29, 0.717) is 5.82 Å². The van der Waals surface area contributed by atoms with Gasteiger partial charge in [0.1, 0.15) is 5.82 Å². The second kappa shape index (κ2) is 3.81. The Hall–Kier alpha value is -1.71. The molecule has 1 aromatic carbocycles. The molecule has 78 valence electrons. The zero-order valence-electron chi connectivity index (χ0n) is 8.17. The van der Waals surface area contributed by atoms with Crippen LogP contribution in [-0.2, 0) is 0 Å². The largest absolute Gasteiger partial charge is 0.342 e. The highest BCUT2D eigenvalue weighted by atomic mass is 19.3. The molecule has 2 aromatic rings. The number of aryl methyl sites for hydroxylation is 1. The summed E-state index contributed by atoms with van der Waals surface area (Å²) < 4.78 is 24.6. The number of rotatable bonds is 2. The van der Waals surface area contributed by atoms with E-state index in [1.807, 2.05) is 6.92 Å². The van der Waals surface area contributed by atoms with E-state index < -0.39 is 6.43 Å². The van der Waals surface area contributed by atoms with Crippen LogP contribution in [0.4, 0.5) is 8.78 Å². The zero-order chi connectivity index (χ0) is 10.8. The van der Waals surface area contributed by atoms with Gasteiger partial charge in [0.05, 0.1) is 0 Å². The number of aromatic nitrogens is 2. The lowest BCUT2D eigenvalue weighted by Crippen LogP contribution is -1.85. The molecule has 4 heteroatoms. The Morgan fingerprint density at radius 2 is 1.87 bits per heavy atom. The van der Waals surface area contributed by atoms with Crippen molar-refractivity contribution in [3.8, 4) is 11.4 Å². The normalized spacial score (nSPS) is 10.9. The first-order chi connectivity index (χ1) is 7.16. The maximum atomic E-state index is 12.3. The summed E-state index contributed by atoms with van der Waals surface area (Å²) in [5.74, 6) is 0.702. The smallest absolute Gasteiger partial charge is 0.263 e. The monoisotopic (exact) mass is 208 g/mol. The standard InChI is InChI=1S/C11H10F2N2/c1-7-6-14-11(15-7)9-4-2-8(3-5-9)10(12)13/h2-6,10H,1H3,(H,14,15). The fraction of sp³-hybridized carbons (Fsp3) is 0.182. The molecule has 0 saturated carbocycles. The predicted molar refractivity (Wildman–Crippen MR) is 53.7 cm³/mol. The molecule has 0 atom stereocenters. The van der Waals surface area contributed by atoms with Gasteiger partial charge >= 0.3 is 0 Å². The van der Waals surface area contributed by atoms with Crippen LogP contribution in [-0.4, -0.2) is 9.97 Å². The van der Waals surface area contributed by atoms with Crippen LogP contribution < -0.4 is 0 Å². The third-order valence-electron chi connectivity index (χ3n) is 2.14. The predicted octanol–water partition coefficient (Wildman–Crippen LogP) is 3.32. The minimum absolute atomic E-state index is 0.0297. The summed E-state index contributed by atoms with van der Waals surface area (Å²) in [5.41, 5.74) is 1.79. The molecule has 15 heavy (non-hydrogen) atoms.